The van der Waals surface area contributed by atoms with E-state index < -0.39 is 0 Å². The van der Waals surface area contributed by atoms with Gasteiger partial charge in [-0.3, -0.25) is 4.79 Å². The molecule has 0 aliphatic rings. The van der Waals surface area contributed by atoms with Crippen molar-refractivity contribution < 1.29 is 14.3 Å². The number of rotatable bonds is 16. The van der Waals surface area contributed by atoms with E-state index in [2.05, 4.69) is 24.5 Å². The third-order valence-corrected chi connectivity index (χ3v) is 3.26. The summed E-state index contributed by atoms with van der Waals surface area (Å²) in [6.07, 6.45) is 7.45. The molecule has 0 heterocycles. The molecule has 0 spiro atoms. The maximum absolute atomic E-state index is 11.8. The fraction of sp³-hybridized carbons (Fsp3) is 0.778. The Morgan fingerprint density at radius 3 is 2.04 bits per heavy atom. The first kappa shape index (κ1) is 22.4. The van der Waals surface area contributed by atoms with Crippen molar-refractivity contribution in [3.63, 3.8) is 0 Å². The Labute approximate surface area is 146 Å². The van der Waals surface area contributed by atoms with Crippen LogP contribution in [0.1, 0.15) is 52.4 Å². The first-order chi connectivity index (χ1) is 11.8. The van der Waals surface area contributed by atoms with Gasteiger partial charge in [-0.15, -0.1) is 0 Å². The molecule has 0 radical (unpaired) electrons. The van der Waals surface area contributed by atoms with Crippen LogP contribution in [0.3, 0.4) is 0 Å². The van der Waals surface area contributed by atoms with Crippen molar-refractivity contribution in [1.29, 1.82) is 5.26 Å². The smallest absolute Gasteiger partial charge is 0.263 e. The van der Waals surface area contributed by atoms with E-state index in [9.17, 15) is 4.79 Å². The molecule has 0 saturated carbocycles. The SMILES string of the molecule is CCCCOCCCN/C=C(/C#N)C(=O)NCCCOCCCC. The number of ether oxygens (including phenoxy) is 2. The van der Waals surface area contributed by atoms with E-state index in [0.29, 0.717) is 26.3 Å². The summed E-state index contributed by atoms with van der Waals surface area (Å²) < 4.78 is 10.9. The molecule has 0 atom stereocenters. The maximum atomic E-state index is 11.8. The Hall–Kier alpha value is -1.58. The van der Waals surface area contributed by atoms with Crippen LogP contribution < -0.4 is 10.6 Å². The second-order valence-electron chi connectivity index (χ2n) is 5.52. The van der Waals surface area contributed by atoms with Crippen molar-refractivity contribution in [2.24, 2.45) is 0 Å². The molecule has 0 rings (SSSR count). The van der Waals surface area contributed by atoms with Gasteiger partial charge < -0.3 is 20.1 Å². The molecule has 0 aromatic heterocycles. The van der Waals surface area contributed by atoms with Gasteiger partial charge in [-0.05, 0) is 25.7 Å². The molecule has 0 fully saturated rings. The lowest BCUT2D eigenvalue weighted by Gasteiger charge is -2.06. The number of nitrogens with zero attached hydrogens (tertiary/aromatic N) is 1. The summed E-state index contributed by atoms with van der Waals surface area (Å²) in [5, 5.41) is 14.7. The predicted molar refractivity (Wildman–Crippen MR) is 95.4 cm³/mol. The number of carbonyl (C=O) groups is 1. The molecule has 138 valence electrons. The van der Waals surface area contributed by atoms with Gasteiger partial charge >= 0.3 is 0 Å². The standard InChI is InChI=1S/C18H33N3O3/c1-3-5-11-23-13-7-9-20-16-17(15-19)18(22)21-10-8-14-24-12-6-4-2/h16,20H,3-14H2,1-2H3,(H,21,22)/b17-16-. The molecular formula is C18H33N3O3. The van der Waals surface area contributed by atoms with Gasteiger partial charge in [0, 0.05) is 45.7 Å². The first-order valence-corrected chi connectivity index (χ1v) is 9.03. The van der Waals surface area contributed by atoms with Crippen molar-refractivity contribution in [2.45, 2.75) is 52.4 Å². The summed E-state index contributed by atoms with van der Waals surface area (Å²) in [6, 6.07) is 1.91. The van der Waals surface area contributed by atoms with Gasteiger partial charge in [-0.1, -0.05) is 26.7 Å². The van der Waals surface area contributed by atoms with E-state index in [1.807, 2.05) is 6.07 Å². The highest BCUT2D eigenvalue weighted by Crippen LogP contribution is 1.93. The molecule has 0 aromatic carbocycles. The number of hydrogen-bond acceptors (Lipinski definition) is 5. The second kappa shape index (κ2) is 17.8. The highest BCUT2D eigenvalue weighted by Gasteiger charge is 2.07. The summed E-state index contributed by atoms with van der Waals surface area (Å²) in [6.45, 7) is 8.30. The van der Waals surface area contributed by atoms with E-state index in [4.69, 9.17) is 14.7 Å². The fourth-order valence-electron chi connectivity index (χ4n) is 1.77. The van der Waals surface area contributed by atoms with Crippen LogP contribution in [0.5, 0.6) is 0 Å². The van der Waals surface area contributed by atoms with Crippen molar-refractivity contribution in [2.75, 3.05) is 39.5 Å². The molecule has 0 aliphatic heterocycles. The van der Waals surface area contributed by atoms with Gasteiger partial charge in [0.15, 0.2) is 0 Å². The van der Waals surface area contributed by atoms with Crippen molar-refractivity contribution in [3.8, 4) is 6.07 Å². The summed E-state index contributed by atoms with van der Waals surface area (Å²) in [5.74, 6) is -0.349. The molecule has 6 heteroatoms. The van der Waals surface area contributed by atoms with E-state index in [-0.39, 0.29) is 11.5 Å². The number of unbranched alkanes of at least 4 members (excludes halogenated alkanes) is 2. The highest BCUT2D eigenvalue weighted by atomic mass is 16.5. The van der Waals surface area contributed by atoms with Crippen LogP contribution in [0.2, 0.25) is 0 Å². The van der Waals surface area contributed by atoms with Crippen LogP contribution >= 0.6 is 0 Å². The van der Waals surface area contributed by atoms with Gasteiger partial charge in [0.05, 0.1) is 0 Å². The lowest BCUT2D eigenvalue weighted by molar-refractivity contribution is -0.117. The first-order valence-electron chi connectivity index (χ1n) is 9.03. The zero-order valence-corrected chi connectivity index (χ0v) is 15.2. The molecule has 6 nitrogen and oxygen atoms in total. The van der Waals surface area contributed by atoms with Crippen LogP contribution in [0.25, 0.3) is 0 Å². The minimum atomic E-state index is -0.349. The number of carbonyl (C=O) groups excluding carboxylic acids is 1. The number of nitriles is 1. The predicted octanol–water partition coefficient (Wildman–Crippen LogP) is 2.51. The number of amides is 1. The largest absolute Gasteiger partial charge is 0.390 e. The zero-order chi connectivity index (χ0) is 17.9. The summed E-state index contributed by atoms with van der Waals surface area (Å²) >= 11 is 0. The Balaban J connectivity index is 3.70. The minimum absolute atomic E-state index is 0.0915. The van der Waals surface area contributed by atoms with Crippen molar-refractivity contribution >= 4 is 5.91 Å². The van der Waals surface area contributed by atoms with Crippen molar-refractivity contribution in [1.82, 2.24) is 10.6 Å². The third-order valence-electron chi connectivity index (χ3n) is 3.26. The lowest BCUT2D eigenvalue weighted by Crippen LogP contribution is -2.27. The molecule has 0 bridgehead atoms. The minimum Gasteiger partial charge on any atom is -0.390 e. The molecule has 0 saturated heterocycles. The van der Waals surface area contributed by atoms with Crippen LogP contribution in [-0.4, -0.2) is 45.4 Å². The van der Waals surface area contributed by atoms with Crippen LogP contribution in [0, 0.1) is 11.3 Å². The Kier molecular flexibility index (Phi) is 16.6. The van der Waals surface area contributed by atoms with Gasteiger partial charge in [-0.2, -0.15) is 5.26 Å². The van der Waals surface area contributed by atoms with E-state index in [1.54, 1.807) is 0 Å². The third kappa shape index (κ3) is 14.0. The normalized spacial score (nSPS) is 11.1. The number of nitrogens with one attached hydrogen (secondary N) is 2. The Morgan fingerprint density at radius 2 is 1.50 bits per heavy atom. The van der Waals surface area contributed by atoms with Crippen LogP contribution in [-0.2, 0) is 14.3 Å². The Morgan fingerprint density at radius 1 is 0.958 bits per heavy atom. The van der Waals surface area contributed by atoms with E-state index in [1.165, 1.54) is 6.20 Å². The average Bonchev–Trinajstić information content (AvgIpc) is 2.59. The molecule has 1 amide bonds. The van der Waals surface area contributed by atoms with Crippen LogP contribution in [0.15, 0.2) is 11.8 Å². The number of hydrogen-bond donors (Lipinski definition) is 2. The van der Waals surface area contributed by atoms with Gasteiger partial charge in [0.2, 0.25) is 0 Å². The maximum Gasteiger partial charge on any atom is 0.263 e. The van der Waals surface area contributed by atoms with Gasteiger partial charge in [0.1, 0.15) is 11.6 Å². The summed E-state index contributed by atoms with van der Waals surface area (Å²) in [5.41, 5.74) is 0.0915. The van der Waals surface area contributed by atoms with E-state index >= 15 is 0 Å². The summed E-state index contributed by atoms with van der Waals surface area (Å²) in [4.78, 5) is 11.8. The summed E-state index contributed by atoms with van der Waals surface area (Å²) in [7, 11) is 0. The van der Waals surface area contributed by atoms with Gasteiger partial charge in [0.25, 0.3) is 5.91 Å². The van der Waals surface area contributed by atoms with E-state index in [0.717, 1.165) is 51.7 Å². The quantitative estimate of drug-likeness (QED) is 0.256. The monoisotopic (exact) mass is 339 g/mol. The van der Waals surface area contributed by atoms with Crippen molar-refractivity contribution in [3.05, 3.63) is 11.8 Å². The fourth-order valence-corrected chi connectivity index (χ4v) is 1.77. The average molecular weight is 339 g/mol. The second-order valence-corrected chi connectivity index (χ2v) is 5.52. The molecule has 24 heavy (non-hydrogen) atoms. The molecular weight excluding hydrogens is 306 g/mol. The van der Waals surface area contributed by atoms with Gasteiger partial charge in [-0.25, -0.2) is 0 Å². The van der Waals surface area contributed by atoms with Crippen LogP contribution in [0.4, 0.5) is 0 Å². The lowest BCUT2D eigenvalue weighted by atomic mass is 10.3. The molecule has 0 unspecified atom stereocenters. The molecule has 0 aliphatic carbocycles. The molecule has 2 N–H and O–H groups in total. The zero-order valence-electron chi connectivity index (χ0n) is 15.2. The Bertz CT molecular complexity index is 378. The highest BCUT2D eigenvalue weighted by molar-refractivity contribution is 5.97. The molecule has 0 aromatic rings. The topological polar surface area (TPSA) is 83.4 Å².